The molecule has 2 aromatic rings. The molecule has 2 aromatic carbocycles. The Morgan fingerprint density at radius 1 is 0.621 bits per heavy atom. The molecule has 0 unspecified atom stereocenters. The summed E-state index contributed by atoms with van der Waals surface area (Å²) in [6, 6.07) is 13.6. The summed E-state index contributed by atoms with van der Waals surface area (Å²) < 4.78 is 22.1. The molecule has 0 aliphatic heterocycles. The highest BCUT2D eigenvalue weighted by molar-refractivity contribution is 5.72. The van der Waals surface area contributed by atoms with Crippen LogP contribution in [-0.2, 0) is 15.9 Å². The summed E-state index contributed by atoms with van der Waals surface area (Å²) >= 11 is 0. The van der Waals surface area contributed by atoms with Crippen molar-refractivity contribution in [2.24, 2.45) is 0 Å². The van der Waals surface area contributed by atoms with E-state index >= 15 is 0 Å². The van der Waals surface area contributed by atoms with Gasteiger partial charge in [0.2, 0.25) is 0 Å². The number of hydrogen-bond acceptors (Lipinski definition) is 7. The van der Waals surface area contributed by atoms with Crippen LogP contribution in [-0.4, -0.2) is 74.8 Å². The molecule has 0 aliphatic carbocycles. The van der Waals surface area contributed by atoms with Gasteiger partial charge in [-0.25, -0.2) is 0 Å². The molecule has 0 heterocycles. The zero-order valence-electron chi connectivity index (χ0n) is 16.6. The lowest BCUT2D eigenvalue weighted by molar-refractivity contribution is 0.0702. The first kappa shape index (κ1) is 23.1. The number of hydrogen-bond donors (Lipinski definition) is 3. The largest absolute Gasteiger partial charge is 0.491 e. The Morgan fingerprint density at radius 2 is 1.28 bits per heavy atom. The molecular weight excluding hydrogens is 376 g/mol. The molecule has 29 heavy (non-hydrogen) atoms. The van der Waals surface area contributed by atoms with Crippen LogP contribution in [0.1, 0.15) is 5.56 Å². The van der Waals surface area contributed by atoms with E-state index in [1.165, 1.54) is 0 Å². The molecule has 0 saturated heterocycles. The smallest absolute Gasteiger partial charge is 0.127 e. The second kappa shape index (κ2) is 13.9. The maximum absolute atomic E-state index is 9.42. The Hall–Kier alpha value is -2.16. The van der Waals surface area contributed by atoms with Gasteiger partial charge in [0.15, 0.2) is 0 Å². The molecule has 0 bridgehead atoms. The molecule has 7 nitrogen and oxygen atoms in total. The molecule has 0 fully saturated rings. The van der Waals surface area contributed by atoms with E-state index in [0.717, 1.165) is 22.4 Å². The van der Waals surface area contributed by atoms with E-state index in [2.05, 4.69) is 0 Å². The van der Waals surface area contributed by atoms with Crippen LogP contribution in [0.25, 0.3) is 11.1 Å². The van der Waals surface area contributed by atoms with Gasteiger partial charge in [0.05, 0.1) is 39.6 Å². The van der Waals surface area contributed by atoms with Gasteiger partial charge in [-0.3, -0.25) is 0 Å². The van der Waals surface area contributed by atoms with Crippen LogP contribution in [0.3, 0.4) is 0 Å². The minimum atomic E-state index is -0.0144. The second-order valence-electron chi connectivity index (χ2n) is 6.16. The quantitative estimate of drug-likeness (QED) is 0.387. The Labute approximate surface area is 171 Å². The minimum absolute atomic E-state index is 0.00774. The lowest BCUT2D eigenvalue weighted by atomic mass is 10.00. The van der Waals surface area contributed by atoms with Gasteiger partial charge in [-0.05, 0) is 35.7 Å². The summed E-state index contributed by atoms with van der Waals surface area (Å²) in [7, 11) is 0. The Balaban J connectivity index is 2.08. The summed E-state index contributed by atoms with van der Waals surface area (Å²) in [5.41, 5.74) is 2.80. The summed E-state index contributed by atoms with van der Waals surface area (Å²) in [6.07, 6.45) is 0.471. The Morgan fingerprint density at radius 3 is 1.93 bits per heavy atom. The number of aliphatic hydroxyl groups is 3. The molecule has 3 N–H and O–H groups in total. The fourth-order valence-electron chi connectivity index (χ4n) is 2.79. The highest BCUT2D eigenvalue weighted by atomic mass is 16.5. The van der Waals surface area contributed by atoms with Crippen molar-refractivity contribution >= 4 is 0 Å². The van der Waals surface area contributed by atoms with Gasteiger partial charge in [0.25, 0.3) is 0 Å². The predicted molar refractivity (Wildman–Crippen MR) is 109 cm³/mol. The van der Waals surface area contributed by atoms with Crippen LogP contribution in [0.4, 0.5) is 0 Å². The van der Waals surface area contributed by atoms with Crippen molar-refractivity contribution in [3.63, 3.8) is 0 Å². The third kappa shape index (κ3) is 8.00. The fraction of sp³-hybridized carbons (Fsp3) is 0.455. The Kier molecular flexibility index (Phi) is 11.1. The predicted octanol–water partition coefficient (Wildman–Crippen LogP) is 1.66. The molecule has 0 saturated carbocycles. The van der Waals surface area contributed by atoms with Crippen molar-refractivity contribution in [2.45, 2.75) is 6.42 Å². The first-order chi connectivity index (χ1) is 14.3. The minimum Gasteiger partial charge on any atom is -0.491 e. The molecule has 0 aromatic heterocycles. The topological polar surface area (TPSA) is 97.6 Å². The van der Waals surface area contributed by atoms with E-state index in [1.807, 2.05) is 42.5 Å². The Bertz CT molecular complexity index is 705. The van der Waals surface area contributed by atoms with Gasteiger partial charge in [0.1, 0.15) is 24.7 Å². The van der Waals surface area contributed by atoms with Crippen molar-refractivity contribution in [2.75, 3.05) is 59.5 Å². The third-order valence-electron chi connectivity index (χ3n) is 4.08. The number of ether oxygens (including phenoxy) is 4. The number of para-hydroxylation sites is 1. The maximum Gasteiger partial charge on any atom is 0.127 e. The number of aliphatic hydroxyl groups excluding tert-OH is 3. The molecule has 2 rings (SSSR count). The van der Waals surface area contributed by atoms with Crippen LogP contribution < -0.4 is 9.47 Å². The van der Waals surface area contributed by atoms with Gasteiger partial charge >= 0.3 is 0 Å². The number of rotatable bonds is 15. The second-order valence-corrected chi connectivity index (χ2v) is 6.16. The van der Waals surface area contributed by atoms with Crippen LogP contribution in [0, 0.1) is 0 Å². The van der Waals surface area contributed by atoms with Crippen LogP contribution in [0.5, 0.6) is 11.5 Å². The van der Waals surface area contributed by atoms with Gasteiger partial charge in [-0.2, -0.15) is 0 Å². The zero-order valence-corrected chi connectivity index (χ0v) is 16.6. The van der Waals surface area contributed by atoms with Gasteiger partial charge in [0, 0.05) is 12.2 Å². The zero-order chi connectivity index (χ0) is 20.7. The van der Waals surface area contributed by atoms with Crippen molar-refractivity contribution in [3.8, 4) is 22.6 Å². The average Bonchev–Trinajstić information content (AvgIpc) is 2.75. The van der Waals surface area contributed by atoms with Gasteiger partial charge in [-0.15, -0.1) is 0 Å². The van der Waals surface area contributed by atoms with Crippen molar-refractivity contribution in [3.05, 3.63) is 48.0 Å². The van der Waals surface area contributed by atoms with Crippen LogP contribution >= 0.6 is 0 Å². The van der Waals surface area contributed by atoms with Crippen molar-refractivity contribution < 1.29 is 34.3 Å². The third-order valence-corrected chi connectivity index (χ3v) is 4.08. The summed E-state index contributed by atoms with van der Waals surface area (Å²) in [4.78, 5) is 0. The normalized spacial score (nSPS) is 10.9. The highest BCUT2D eigenvalue weighted by Gasteiger charge is 2.10. The molecule has 0 aliphatic rings. The standard InChI is InChI=1S/C22H30O7/c23-8-7-19-17-18(5-6-21(19)28-15-13-26-11-9-24)20-3-1-2-4-22(20)29-16-14-27-12-10-25/h1-6,17,23-25H,7-16H2. The van der Waals surface area contributed by atoms with E-state index in [9.17, 15) is 5.11 Å². The molecule has 160 valence electrons. The first-order valence-corrected chi connectivity index (χ1v) is 9.76. The maximum atomic E-state index is 9.42. The molecular formula is C22H30O7. The number of benzene rings is 2. The SMILES string of the molecule is OCCOCCOc1ccc(-c2ccccc2OCCOCCO)cc1CCO. The van der Waals surface area contributed by atoms with E-state index in [-0.39, 0.29) is 26.4 Å². The average molecular weight is 406 g/mol. The molecule has 0 radical (unpaired) electrons. The molecule has 7 heteroatoms. The van der Waals surface area contributed by atoms with Crippen molar-refractivity contribution in [1.29, 1.82) is 0 Å². The van der Waals surface area contributed by atoms with Gasteiger partial charge in [-0.1, -0.05) is 24.3 Å². The van der Waals surface area contributed by atoms with E-state index < -0.39 is 0 Å². The fourth-order valence-corrected chi connectivity index (χ4v) is 2.79. The lowest BCUT2D eigenvalue weighted by Crippen LogP contribution is -2.10. The highest BCUT2D eigenvalue weighted by Crippen LogP contribution is 2.33. The van der Waals surface area contributed by atoms with E-state index in [4.69, 9.17) is 29.2 Å². The lowest BCUT2D eigenvalue weighted by Gasteiger charge is -2.15. The van der Waals surface area contributed by atoms with E-state index in [1.54, 1.807) is 0 Å². The van der Waals surface area contributed by atoms with Crippen molar-refractivity contribution in [1.82, 2.24) is 0 Å². The molecule has 0 amide bonds. The van der Waals surface area contributed by atoms with Crippen LogP contribution in [0.15, 0.2) is 42.5 Å². The van der Waals surface area contributed by atoms with Gasteiger partial charge < -0.3 is 34.3 Å². The summed E-state index contributed by atoms with van der Waals surface area (Å²) in [5, 5.41) is 26.9. The summed E-state index contributed by atoms with van der Waals surface area (Å²) in [6.45, 7) is 2.11. The summed E-state index contributed by atoms with van der Waals surface area (Å²) in [5.74, 6) is 1.44. The van der Waals surface area contributed by atoms with E-state index in [0.29, 0.717) is 45.2 Å². The molecule has 0 spiro atoms. The first-order valence-electron chi connectivity index (χ1n) is 9.76. The molecule has 0 atom stereocenters. The van der Waals surface area contributed by atoms with Crippen LogP contribution in [0.2, 0.25) is 0 Å². The monoisotopic (exact) mass is 406 g/mol.